The molecule has 0 saturated carbocycles. The number of methoxy groups -OCH3 is 1. The highest BCUT2D eigenvalue weighted by Crippen LogP contribution is 2.33. The van der Waals surface area contributed by atoms with Crippen LogP contribution in [-0.2, 0) is 9.53 Å². The number of esters is 1. The van der Waals surface area contributed by atoms with E-state index in [9.17, 15) is 9.59 Å². The second-order valence-electron chi connectivity index (χ2n) is 6.85. The van der Waals surface area contributed by atoms with Crippen molar-refractivity contribution in [3.63, 3.8) is 0 Å². The molecule has 0 aliphatic heterocycles. The Morgan fingerprint density at radius 1 is 1.07 bits per heavy atom. The molecule has 0 radical (unpaired) electrons. The minimum Gasteiger partial charge on any atom is -0.481 e. The van der Waals surface area contributed by atoms with Gasteiger partial charge in [0.1, 0.15) is 21.9 Å². The van der Waals surface area contributed by atoms with Gasteiger partial charge < -0.3 is 15.2 Å². The zero-order chi connectivity index (χ0) is 20.4. The van der Waals surface area contributed by atoms with Crippen molar-refractivity contribution in [2.75, 3.05) is 19.0 Å². The number of carboxylic acid groups (broad SMARTS) is 1. The van der Waals surface area contributed by atoms with E-state index in [0.29, 0.717) is 4.88 Å². The average Bonchev–Trinajstić information content (AvgIpc) is 3.02. The summed E-state index contributed by atoms with van der Waals surface area (Å²) < 4.78 is 4.84. The lowest BCUT2D eigenvalue weighted by atomic mass is 10.1. The molecule has 2 aromatic heterocycles. The van der Waals surface area contributed by atoms with Crippen LogP contribution in [0.15, 0.2) is 6.33 Å². The van der Waals surface area contributed by atoms with Gasteiger partial charge >= 0.3 is 11.9 Å². The number of hydrogen-bond donors (Lipinski definition) is 2. The lowest BCUT2D eigenvalue weighted by molar-refractivity contribution is -0.137. The maximum Gasteiger partial charge on any atom is 0.348 e. The number of nitrogens with zero attached hydrogens (tertiary/aromatic N) is 2. The van der Waals surface area contributed by atoms with Crippen molar-refractivity contribution < 1.29 is 19.4 Å². The molecular formula is C20H29N3O4S. The number of rotatable bonds is 13. The van der Waals surface area contributed by atoms with Crippen LogP contribution in [0.2, 0.25) is 0 Å². The molecule has 8 heteroatoms. The van der Waals surface area contributed by atoms with Gasteiger partial charge in [-0.3, -0.25) is 4.79 Å². The first-order chi connectivity index (χ1) is 13.5. The van der Waals surface area contributed by atoms with Crippen LogP contribution in [0, 0.1) is 6.92 Å². The smallest absolute Gasteiger partial charge is 0.348 e. The molecule has 0 aromatic carbocycles. The summed E-state index contributed by atoms with van der Waals surface area (Å²) in [5.41, 5.74) is 0.859. The van der Waals surface area contributed by atoms with Crippen LogP contribution >= 0.6 is 11.3 Å². The van der Waals surface area contributed by atoms with Gasteiger partial charge in [-0.2, -0.15) is 0 Å². The molecule has 0 amide bonds. The van der Waals surface area contributed by atoms with E-state index in [4.69, 9.17) is 9.84 Å². The number of ether oxygens (including phenoxy) is 1. The maximum atomic E-state index is 11.9. The summed E-state index contributed by atoms with van der Waals surface area (Å²) >= 11 is 1.33. The van der Waals surface area contributed by atoms with Gasteiger partial charge in [-0.25, -0.2) is 14.8 Å². The van der Waals surface area contributed by atoms with Crippen molar-refractivity contribution in [3.05, 3.63) is 16.8 Å². The summed E-state index contributed by atoms with van der Waals surface area (Å²) in [5, 5.41) is 12.9. The van der Waals surface area contributed by atoms with E-state index in [1.807, 2.05) is 6.92 Å². The number of fused-ring (bicyclic) bond motifs is 1. The van der Waals surface area contributed by atoms with Crippen molar-refractivity contribution in [1.82, 2.24) is 9.97 Å². The standard InChI is InChI=1S/C20H29N3O4S/c1-14-16-18(22-13-23-19(16)28-17(14)20(26)27-2)21-12-10-8-6-4-3-5-7-9-11-15(24)25/h13H,3-12H2,1-2H3,(H,24,25)(H,21,22,23). The van der Waals surface area contributed by atoms with E-state index in [2.05, 4.69) is 15.3 Å². The van der Waals surface area contributed by atoms with E-state index in [1.54, 1.807) is 0 Å². The van der Waals surface area contributed by atoms with E-state index >= 15 is 0 Å². The van der Waals surface area contributed by atoms with Crippen molar-refractivity contribution >= 4 is 39.3 Å². The zero-order valence-corrected chi connectivity index (χ0v) is 17.4. The number of thiophene rings is 1. The van der Waals surface area contributed by atoms with Crippen molar-refractivity contribution in [1.29, 1.82) is 0 Å². The lowest BCUT2D eigenvalue weighted by Gasteiger charge is -2.07. The largest absolute Gasteiger partial charge is 0.481 e. The molecule has 0 aliphatic carbocycles. The predicted molar refractivity (Wildman–Crippen MR) is 111 cm³/mol. The van der Waals surface area contributed by atoms with E-state index in [1.165, 1.54) is 44.0 Å². The van der Waals surface area contributed by atoms with Crippen LogP contribution in [0.4, 0.5) is 5.82 Å². The molecule has 2 N–H and O–H groups in total. The predicted octanol–water partition coefficient (Wildman–Crippen LogP) is 4.79. The quantitative estimate of drug-likeness (QED) is 0.363. The lowest BCUT2D eigenvalue weighted by Crippen LogP contribution is -2.04. The molecule has 7 nitrogen and oxygen atoms in total. The molecule has 0 unspecified atom stereocenters. The Balaban J connectivity index is 1.69. The molecule has 0 saturated heterocycles. The highest BCUT2D eigenvalue weighted by atomic mass is 32.1. The van der Waals surface area contributed by atoms with E-state index in [0.717, 1.165) is 60.2 Å². The normalized spacial score (nSPS) is 10.9. The molecule has 2 aromatic rings. The van der Waals surface area contributed by atoms with Gasteiger partial charge in [0, 0.05) is 13.0 Å². The number of anilines is 1. The fourth-order valence-electron chi connectivity index (χ4n) is 3.16. The average molecular weight is 408 g/mol. The molecular weight excluding hydrogens is 378 g/mol. The highest BCUT2D eigenvalue weighted by Gasteiger charge is 2.19. The first-order valence-corrected chi connectivity index (χ1v) is 10.6. The highest BCUT2D eigenvalue weighted by molar-refractivity contribution is 7.20. The Morgan fingerprint density at radius 3 is 2.36 bits per heavy atom. The van der Waals surface area contributed by atoms with Gasteiger partial charge in [0.15, 0.2) is 0 Å². The van der Waals surface area contributed by atoms with E-state index in [-0.39, 0.29) is 12.4 Å². The maximum absolute atomic E-state index is 11.9. The van der Waals surface area contributed by atoms with Crippen LogP contribution in [0.3, 0.4) is 0 Å². The molecule has 0 fully saturated rings. The molecule has 154 valence electrons. The number of carbonyl (C=O) groups is 2. The van der Waals surface area contributed by atoms with Crippen LogP contribution in [-0.4, -0.2) is 40.7 Å². The van der Waals surface area contributed by atoms with Gasteiger partial charge in [0.25, 0.3) is 0 Å². The molecule has 0 aliphatic rings. The summed E-state index contributed by atoms with van der Waals surface area (Å²) in [6.45, 7) is 2.73. The first-order valence-electron chi connectivity index (χ1n) is 9.82. The molecule has 0 atom stereocenters. The second-order valence-corrected chi connectivity index (χ2v) is 7.85. The summed E-state index contributed by atoms with van der Waals surface area (Å²) in [6, 6.07) is 0. The Labute approximate surface area is 169 Å². The third-order valence-corrected chi connectivity index (χ3v) is 5.89. The van der Waals surface area contributed by atoms with Crippen LogP contribution in [0.25, 0.3) is 10.2 Å². The van der Waals surface area contributed by atoms with Gasteiger partial charge in [-0.1, -0.05) is 38.5 Å². The summed E-state index contributed by atoms with van der Waals surface area (Å²) in [6.07, 6.45) is 10.5. The number of unbranched alkanes of at least 4 members (excludes halogenated alkanes) is 7. The Kier molecular flexibility index (Phi) is 9.13. The minimum absolute atomic E-state index is 0.284. The SMILES string of the molecule is COC(=O)c1sc2ncnc(NCCCCCCCCCCC(=O)O)c2c1C. The van der Waals surface area contributed by atoms with Crippen molar-refractivity contribution in [3.8, 4) is 0 Å². The van der Waals surface area contributed by atoms with Gasteiger partial charge in [0.05, 0.1) is 12.5 Å². The Morgan fingerprint density at radius 2 is 1.71 bits per heavy atom. The monoisotopic (exact) mass is 407 g/mol. The van der Waals surface area contributed by atoms with Crippen LogP contribution < -0.4 is 5.32 Å². The van der Waals surface area contributed by atoms with Crippen molar-refractivity contribution in [2.45, 2.75) is 64.7 Å². The molecule has 28 heavy (non-hydrogen) atoms. The second kappa shape index (κ2) is 11.6. The third kappa shape index (κ3) is 6.44. The Hall–Kier alpha value is -2.22. The number of carboxylic acids is 1. The summed E-state index contributed by atoms with van der Waals surface area (Å²) in [7, 11) is 1.38. The topological polar surface area (TPSA) is 101 Å². The fourth-order valence-corrected chi connectivity index (χ4v) is 4.23. The number of carbonyl (C=O) groups excluding carboxylic acids is 1. The molecule has 2 rings (SSSR count). The van der Waals surface area contributed by atoms with Gasteiger partial charge in [-0.05, 0) is 25.3 Å². The van der Waals surface area contributed by atoms with Crippen LogP contribution in [0.5, 0.6) is 0 Å². The number of aliphatic carboxylic acids is 1. The minimum atomic E-state index is -0.701. The fraction of sp³-hybridized carbons (Fsp3) is 0.600. The zero-order valence-electron chi connectivity index (χ0n) is 16.6. The van der Waals surface area contributed by atoms with Gasteiger partial charge in [0.2, 0.25) is 0 Å². The molecule has 0 spiro atoms. The number of aryl methyl sites for hydroxylation is 1. The summed E-state index contributed by atoms with van der Waals surface area (Å²) in [5.74, 6) is -0.269. The number of aromatic nitrogens is 2. The third-order valence-electron chi connectivity index (χ3n) is 4.71. The number of nitrogens with one attached hydrogen (secondary N) is 1. The number of hydrogen-bond acceptors (Lipinski definition) is 7. The van der Waals surface area contributed by atoms with Crippen molar-refractivity contribution in [2.24, 2.45) is 0 Å². The van der Waals surface area contributed by atoms with Gasteiger partial charge in [-0.15, -0.1) is 11.3 Å². The van der Waals surface area contributed by atoms with Crippen LogP contribution in [0.1, 0.15) is 73.0 Å². The van der Waals surface area contributed by atoms with E-state index < -0.39 is 5.97 Å². The molecule has 0 bridgehead atoms. The molecule has 2 heterocycles. The first kappa shape index (κ1) is 22.1. The summed E-state index contributed by atoms with van der Waals surface area (Å²) in [4.78, 5) is 32.3. The Bertz CT molecular complexity index is 791.